The first kappa shape index (κ1) is 14.6. The van der Waals surface area contributed by atoms with Gasteiger partial charge in [0.15, 0.2) is 0 Å². The summed E-state index contributed by atoms with van der Waals surface area (Å²) in [5.41, 5.74) is 7.97. The Kier molecular flexibility index (Phi) is 3.56. The van der Waals surface area contributed by atoms with E-state index in [9.17, 15) is 0 Å². The summed E-state index contributed by atoms with van der Waals surface area (Å²) in [4.78, 5) is 4.82. The molecule has 0 saturated carbocycles. The minimum absolute atomic E-state index is 0.0293. The topological polar surface area (TPSA) is 12.9 Å². The Labute approximate surface area is 135 Å². The molecule has 1 unspecified atom stereocenters. The Bertz CT molecular complexity index is 781. The van der Waals surface area contributed by atoms with Crippen LogP contribution in [0.5, 0.6) is 0 Å². The van der Waals surface area contributed by atoms with E-state index >= 15 is 0 Å². The molecule has 1 nitrogen and oxygen atoms in total. The van der Waals surface area contributed by atoms with Crippen LogP contribution in [-0.4, -0.2) is 4.98 Å². The summed E-state index contributed by atoms with van der Waals surface area (Å²) < 4.78 is 0.0293. The molecule has 2 aromatic rings. The molecule has 1 aliphatic rings. The van der Waals surface area contributed by atoms with Gasteiger partial charge in [-0.25, -0.2) is 0 Å². The van der Waals surface area contributed by atoms with Crippen LogP contribution in [-0.2, 0) is 22.7 Å². The number of hydrogen-bond acceptors (Lipinski definition) is 1. The van der Waals surface area contributed by atoms with Crippen LogP contribution in [0.3, 0.4) is 0 Å². The van der Waals surface area contributed by atoms with Crippen LogP contribution in [0.4, 0.5) is 0 Å². The maximum absolute atomic E-state index is 4.82. The number of rotatable bonds is 2. The molecule has 0 radical (unpaired) electrons. The summed E-state index contributed by atoms with van der Waals surface area (Å²) in [6.07, 6.45) is 0.912. The first-order valence-electron chi connectivity index (χ1n) is 7.35. The van der Waals surface area contributed by atoms with Crippen molar-refractivity contribution < 1.29 is 16.3 Å². The second-order valence-electron chi connectivity index (χ2n) is 6.06. The number of allylic oxidation sites excluding steroid dienone is 4. The van der Waals surface area contributed by atoms with Gasteiger partial charge in [0.2, 0.25) is 0 Å². The summed E-state index contributed by atoms with van der Waals surface area (Å²) in [5, 5.41) is 1.20. The van der Waals surface area contributed by atoms with Crippen LogP contribution < -0.4 is 0 Å². The number of aromatic nitrogens is 1. The van der Waals surface area contributed by atoms with Crippen molar-refractivity contribution in [3.05, 3.63) is 64.4 Å². The van der Waals surface area contributed by atoms with E-state index in [4.69, 9.17) is 4.98 Å². The monoisotopic (exact) mass is 314 g/mol. The number of para-hydroxylation sites is 1. The predicted octanol–water partition coefficient (Wildman–Crippen LogP) is 5.17. The normalized spacial score (nSPS) is 22.5. The van der Waals surface area contributed by atoms with Gasteiger partial charge < -0.3 is 0 Å². The van der Waals surface area contributed by atoms with E-state index in [0.29, 0.717) is 0 Å². The SMILES string of the molecule is CC1=C(C)[C](C)([Cr])C(Cc2ccc3ccccc3n2)=C1C. The van der Waals surface area contributed by atoms with Crippen molar-refractivity contribution in [1.29, 1.82) is 0 Å². The molecule has 3 rings (SSSR count). The molecule has 0 N–H and O–H groups in total. The van der Waals surface area contributed by atoms with Crippen molar-refractivity contribution in [1.82, 2.24) is 4.98 Å². The molecule has 0 bridgehead atoms. The number of nitrogens with zero attached hydrogens (tertiary/aromatic N) is 1. The summed E-state index contributed by atoms with van der Waals surface area (Å²) in [7, 11) is 0. The molecule has 2 heteroatoms. The zero-order valence-corrected chi connectivity index (χ0v) is 14.3. The van der Waals surface area contributed by atoms with Gasteiger partial charge in [-0.1, -0.05) is 0 Å². The van der Waals surface area contributed by atoms with E-state index in [0.717, 1.165) is 17.6 Å². The molecule has 0 spiro atoms. The van der Waals surface area contributed by atoms with Crippen LogP contribution in [0.25, 0.3) is 10.9 Å². The van der Waals surface area contributed by atoms with Gasteiger partial charge in [-0.3, -0.25) is 0 Å². The van der Waals surface area contributed by atoms with Crippen LogP contribution in [0.2, 0.25) is 4.28 Å². The Morgan fingerprint density at radius 2 is 1.71 bits per heavy atom. The fraction of sp³-hybridized carbons (Fsp3) is 0.316. The van der Waals surface area contributed by atoms with Crippen molar-refractivity contribution in [3.63, 3.8) is 0 Å². The Balaban J connectivity index is 2.00. The van der Waals surface area contributed by atoms with E-state index in [-0.39, 0.29) is 4.28 Å². The van der Waals surface area contributed by atoms with Gasteiger partial charge in [-0.2, -0.15) is 0 Å². The fourth-order valence-corrected chi connectivity index (χ4v) is 3.73. The third-order valence-corrected chi connectivity index (χ3v) is 5.75. The molecule has 0 aliphatic heterocycles. The maximum atomic E-state index is 4.82. The molecule has 1 aromatic carbocycles. The van der Waals surface area contributed by atoms with Crippen molar-refractivity contribution in [2.24, 2.45) is 0 Å². The molecule has 0 fully saturated rings. The first-order valence-corrected chi connectivity index (χ1v) is 7.98. The molecule has 0 saturated heterocycles. The molecule has 107 valence electrons. The summed E-state index contributed by atoms with van der Waals surface area (Å²) in [6, 6.07) is 12.6. The predicted molar refractivity (Wildman–Crippen MR) is 84.9 cm³/mol. The van der Waals surface area contributed by atoms with E-state index in [1.807, 2.05) is 6.07 Å². The Morgan fingerprint density at radius 3 is 2.38 bits per heavy atom. The first-order chi connectivity index (χ1) is 9.91. The Hall–Kier alpha value is -1.36. The molecule has 1 aromatic heterocycles. The third-order valence-electron chi connectivity index (χ3n) is 4.88. The standard InChI is InChI=1S/C19H20N.Cr/c1-12-13(2)15(4)18(14(12)3)11-17-10-9-16-7-5-6-8-19(16)20-17;/h5-10H,11H2,1-4H3;. The quantitative estimate of drug-likeness (QED) is 0.745. The number of pyridine rings is 1. The molecular formula is C19H20CrN. The number of benzene rings is 1. The Morgan fingerprint density at radius 1 is 1.00 bits per heavy atom. The number of hydrogen-bond donors (Lipinski definition) is 0. The van der Waals surface area contributed by atoms with E-state index in [2.05, 4.69) is 74.3 Å². The van der Waals surface area contributed by atoms with Crippen molar-refractivity contribution in [3.8, 4) is 0 Å². The zero-order chi connectivity index (χ0) is 15.2. The molecule has 1 heterocycles. The van der Waals surface area contributed by atoms with Crippen molar-refractivity contribution in [2.75, 3.05) is 0 Å². The van der Waals surface area contributed by atoms with Gasteiger partial charge in [-0.15, -0.1) is 0 Å². The van der Waals surface area contributed by atoms with Crippen LogP contribution in [0.15, 0.2) is 58.7 Å². The summed E-state index contributed by atoms with van der Waals surface area (Å²) >= 11 is 3.39. The average molecular weight is 314 g/mol. The third kappa shape index (κ3) is 2.37. The summed E-state index contributed by atoms with van der Waals surface area (Å²) in [5.74, 6) is 0. The average Bonchev–Trinajstić information content (AvgIpc) is 2.62. The molecular weight excluding hydrogens is 294 g/mol. The molecule has 1 atom stereocenters. The molecule has 21 heavy (non-hydrogen) atoms. The zero-order valence-electron chi connectivity index (χ0n) is 13.0. The van der Waals surface area contributed by atoms with Crippen molar-refractivity contribution in [2.45, 2.75) is 38.4 Å². The fourth-order valence-electron chi connectivity index (χ4n) is 3.14. The van der Waals surface area contributed by atoms with E-state index < -0.39 is 0 Å². The van der Waals surface area contributed by atoms with E-state index in [1.165, 1.54) is 27.7 Å². The molecule has 1 aliphatic carbocycles. The molecule has 0 amide bonds. The van der Waals surface area contributed by atoms with Gasteiger partial charge in [0.1, 0.15) is 0 Å². The van der Waals surface area contributed by atoms with Crippen LogP contribution in [0.1, 0.15) is 33.4 Å². The van der Waals surface area contributed by atoms with Crippen LogP contribution in [0, 0.1) is 0 Å². The minimum atomic E-state index is 0.0293. The van der Waals surface area contributed by atoms with E-state index in [1.54, 1.807) is 0 Å². The second kappa shape index (κ2) is 5.13. The number of fused-ring (bicyclic) bond motifs is 1. The van der Waals surface area contributed by atoms with Gasteiger partial charge in [-0.05, 0) is 0 Å². The van der Waals surface area contributed by atoms with Gasteiger partial charge >= 0.3 is 135 Å². The summed E-state index contributed by atoms with van der Waals surface area (Å²) in [6.45, 7) is 8.97. The van der Waals surface area contributed by atoms with Crippen molar-refractivity contribution >= 4 is 10.9 Å². The van der Waals surface area contributed by atoms with Crippen LogP contribution >= 0.6 is 0 Å². The van der Waals surface area contributed by atoms with Gasteiger partial charge in [0.05, 0.1) is 0 Å². The van der Waals surface area contributed by atoms with Gasteiger partial charge in [0, 0.05) is 0 Å². The van der Waals surface area contributed by atoms with Gasteiger partial charge in [0.25, 0.3) is 0 Å². The second-order valence-corrected chi connectivity index (χ2v) is 7.33.